The highest BCUT2D eigenvalue weighted by atomic mass is 79.9. The van der Waals surface area contributed by atoms with Crippen molar-refractivity contribution in [1.82, 2.24) is 4.90 Å². The Labute approximate surface area is 119 Å². The van der Waals surface area contributed by atoms with E-state index in [2.05, 4.69) is 15.9 Å². The number of amides is 1. The van der Waals surface area contributed by atoms with Crippen LogP contribution in [0.5, 0.6) is 5.75 Å². The maximum Gasteiger partial charge on any atom is 0.415 e. The average Bonchev–Trinajstić information content (AvgIpc) is 2.39. The number of piperidine rings is 1. The van der Waals surface area contributed by atoms with E-state index in [-0.39, 0.29) is 5.92 Å². The minimum Gasteiger partial charge on any atom is -0.481 e. The van der Waals surface area contributed by atoms with Crippen LogP contribution in [0.4, 0.5) is 4.79 Å². The van der Waals surface area contributed by atoms with Gasteiger partial charge in [0.25, 0.3) is 0 Å². The third kappa shape index (κ3) is 3.70. The maximum atomic E-state index is 11.9. The number of likely N-dealkylation sites (tertiary alicyclic amines) is 1. The molecule has 102 valence electrons. The monoisotopic (exact) mass is 327 g/mol. The van der Waals surface area contributed by atoms with Crippen LogP contribution >= 0.6 is 15.9 Å². The summed E-state index contributed by atoms with van der Waals surface area (Å²) in [5, 5.41) is 8.89. The van der Waals surface area contributed by atoms with Crippen LogP contribution in [-0.4, -0.2) is 35.2 Å². The second kappa shape index (κ2) is 6.06. The molecule has 1 aromatic rings. The van der Waals surface area contributed by atoms with E-state index in [0.717, 1.165) is 4.47 Å². The molecule has 0 spiro atoms. The normalized spacial score (nSPS) is 16.2. The maximum absolute atomic E-state index is 11.9. The highest BCUT2D eigenvalue weighted by molar-refractivity contribution is 9.10. The van der Waals surface area contributed by atoms with Crippen LogP contribution in [-0.2, 0) is 4.79 Å². The summed E-state index contributed by atoms with van der Waals surface area (Å²) in [6.45, 7) is 0.841. The fourth-order valence-corrected chi connectivity index (χ4v) is 2.38. The van der Waals surface area contributed by atoms with Gasteiger partial charge in [0.15, 0.2) is 0 Å². The Bertz CT molecular complexity index is 483. The fourth-order valence-electron chi connectivity index (χ4n) is 2.00. The lowest BCUT2D eigenvalue weighted by molar-refractivity contribution is -0.143. The Balaban J connectivity index is 1.90. The number of hydrogen-bond acceptors (Lipinski definition) is 3. The molecule has 19 heavy (non-hydrogen) atoms. The molecule has 1 saturated heterocycles. The van der Waals surface area contributed by atoms with Crippen LogP contribution in [0.25, 0.3) is 0 Å². The predicted octanol–water partition coefficient (Wildman–Crippen LogP) is 2.74. The Morgan fingerprint density at radius 2 is 2.00 bits per heavy atom. The first-order valence-electron chi connectivity index (χ1n) is 6.01. The standard InChI is InChI=1S/C13H14BrNO4/c14-10-2-1-3-11(8-10)19-13(18)15-6-4-9(5-7-15)12(16)17/h1-3,8-9H,4-7H2,(H,16,17). The van der Waals surface area contributed by atoms with Crippen molar-refractivity contribution in [2.75, 3.05) is 13.1 Å². The fraction of sp³-hybridized carbons (Fsp3) is 0.385. The molecule has 2 rings (SSSR count). The number of carboxylic acids is 1. The quantitative estimate of drug-likeness (QED) is 0.906. The summed E-state index contributed by atoms with van der Waals surface area (Å²) < 4.78 is 6.08. The number of aliphatic carboxylic acids is 1. The van der Waals surface area contributed by atoms with E-state index in [4.69, 9.17) is 9.84 Å². The Morgan fingerprint density at radius 3 is 2.58 bits per heavy atom. The molecule has 0 radical (unpaired) electrons. The molecule has 1 aliphatic rings. The smallest absolute Gasteiger partial charge is 0.415 e. The van der Waals surface area contributed by atoms with Crippen molar-refractivity contribution in [2.45, 2.75) is 12.8 Å². The zero-order chi connectivity index (χ0) is 13.8. The molecular formula is C13H14BrNO4. The second-order valence-corrected chi connectivity index (χ2v) is 5.34. The molecule has 0 atom stereocenters. The van der Waals surface area contributed by atoms with Gasteiger partial charge in [-0.1, -0.05) is 22.0 Å². The van der Waals surface area contributed by atoms with Crippen LogP contribution < -0.4 is 4.74 Å². The van der Waals surface area contributed by atoms with Crippen molar-refractivity contribution in [2.24, 2.45) is 5.92 Å². The summed E-state index contributed by atoms with van der Waals surface area (Å²) >= 11 is 3.30. The van der Waals surface area contributed by atoms with Crippen molar-refractivity contribution in [3.8, 4) is 5.75 Å². The first-order valence-corrected chi connectivity index (χ1v) is 6.80. The first kappa shape index (κ1) is 13.9. The third-order valence-corrected chi connectivity index (χ3v) is 3.60. The van der Waals surface area contributed by atoms with E-state index in [9.17, 15) is 9.59 Å². The predicted molar refractivity (Wildman–Crippen MR) is 72.1 cm³/mol. The topological polar surface area (TPSA) is 66.8 Å². The molecule has 0 aromatic heterocycles. The molecule has 1 aromatic carbocycles. The first-order chi connectivity index (χ1) is 9.06. The highest BCUT2D eigenvalue weighted by Crippen LogP contribution is 2.21. The van der Waals surface area contributed by atoms with Gasteiger partial charge in [0.1, 0.15) is 5.75 Å². The van der Waals surface area contributed by atoms with Crippen molar-refractivity contribution < 1.29 is 19.4 Å². The van der Waals surface area contributed by atoms with Crippen molar-refractivity contribution in [1.29, 1.82) is 0 Å². The number of carbonyl (C=O) groups is 2. The second-order valence-electron chi connectivity index (χ2n) is 4.42. The van der Waals surface area contributed by atoms with Crippen molar-refractivity contribution >= 4 is 28.0 Å². The zero-order valence-electron chi connectivity index (χ0n) is 10.2. The Kier molecular flexibility index (Phi) is 4.42. The Morgan fingerprint density at radius 1 is 1.32 bits per heavy atom. The van der Waals surface area contributed by atoms with E-state index in [1.165, 1.54) is 0 Å². The van der Waals surface area contributed by atoms with Gasteiger partial charge in [-0.25, -0.2) is 4.79 Å². The molecule has 1 heterocycles. The Hall–Kier alpha value is -1.56. The van der Waals surface area contributed by atoms with E-state index in [0.29, 0.717) is 31.7 Å². The summed E-state index contributed by atoms with van der Waals surface area (Å²) in [6.07, 6.45) is 0.521. The minimum absolute atomic E-state index is 0.352. The third-order valence-electron chi connectivity index (χ3n) is 3.10. The number of carbonyl (C=O) groups excluding carboxylic acids is 1. The van der Waals surface area contributed by atoms with Crippen LogP contribution in [0.3, 0.4) is 0 Å². The van der Waals surface area contributed by atoms with Gasteiger partial charge < -0.3 is 14.7 Å². The van der Waals surface area contributed by atoms with Crippen molar-refractivity contribution in [3.05, 3.63) is 28.7 Å². The van der Waals surface area contributed by atoms with Crippen molar-refractivity contribution in [3.63, 3.8) is 0 Å². The van der Waals surface area contributed by atoms with Gasteiger partial charge in [-0.15, -0.1) is 0 Å². The van der Waals surface area contributed by atoms with Gasteiger partial charge in [0.2, 0.25) is 0 Å². The highest BCUT2D eigenvalue weighted by Gasteiger charge is 2.27. The number of ether oxygens (including phenoxy) is 1. The van der Waals surface area contributed by atoms with E-state index < -0.39 is 12.1 Å². The van der Waals surface area contributed by atoms with Crippen LogP contribution in [0.15, 0.2) is 28.7 Å². The van der Waals surface area contributed by atoms with Gasteiger partial charge in [0.05, 0.1) is 5.92 Å². The molecule has 0 aliphatic carbocycles. The van der Waals surface area contributed by atoms with Crippen LogP contribution in [0.1, 0.15) is 12.8 Å². The summed E-state index contributed by atoms with van der Waals surface area (Å²) in [4.78, 5) is 24.3. The number of rotatable bonds is 2. The largest absolute Gasteiger partial charge is 0.481 e. The summed E-state index contributed by atoms with van der Waals surface area (Å²) in [7, 11) is 0. The van der Waals surface area contributed by atoms with Gasteiger partial charge in [-0.2, -0.15) is 0 Å². The SMILES string of the molecule is O=C(O)C1CCN(C(=O)Oc2cccc(Br)c2)CC1. The lowest BCUT2D eigenvalue weighted by Gasteiger charge is -2.29. The number of hydrogen-bond donors (Lipinski definition) is 1. The van der Waals surface area contributed by atoms with Gasteiger partial charge in [-0.3, -0.25) is 4.79 Å². The lowest BCUT2D eigenvalue weighted by atomic mass is 9.97. The molecule has 1 fully saturated rings. The van der Waals surface area contributed by atoms with E-state index >= 15 is 0 Å². The molecule has 6 heteroatoms. The summed E-state index contributed by atoms with van der Waals surface area (Å²) in [5.41, 5.74) is 0. The molecule has 1 aliphatic heterocycles. The molecule has 5 nitrogen and oxygen atoms in total. The van der Waals surface area contributed by atoms with E-state index in [1.807, 2.05) is 6.07 Å². The van der Waals surface area contributed by atoms with Gasteiger partial charge >= 0.3 is 12.1 Å². The molecule has 0 saturated carbocycles. The zero-order valence-corrected chi connectivity index (χ0v) is 11.8. The number of carboxylic acid groups (broad SMARTS) is 1. The molecule has 0 bridgehead atoms. The molecule has 1 N–H and O–H groups in total. The number of halogens is 1. The van der Waals surface area contributed by atoms with Crippen LogP contribution in [0.2, 0.25) is 0 Å². The summed E-state index contributed by atoms with van der Waals surface area (Å²) in [6, 6.07) is 7.04. The molecule has 0 unspecified atom stereocenters. The molecular weight excluding hydrogens is 314 g/mol. The lowest BCUT2D eigenvalue weighted by Crippen LogP contribution is -2.41. The molecule has 1 amide bonds. The van der Waals surface area contributed by atoms with Gasteiger partial charge in [0, 0.05) is 17.6 Å². The van der Waals surface area contributed by atoms with Crippen LogP contribution in [0, 0.1) is 5.92 Å². The summed E-state index contributed by atoms with van der Waals surface area (Å²) in [5.74, 6) is -0.672. The number of nitrogens with zero attached hydrogens (tertiary/aromatic N) is 1. The number of benzene rings is 1. The average molecular weight is 328 g/mol. The van der Waals surface area contributed by atoms with Gasteiger partial charge in [-0.05, 0) is 31.0 Å². The van der Waals surface area contributed by atoms with E-state index in [1.54, 1.807) is 23.1 Å². The minimum atomic E-state index is -0.792.